The second-order valence-corrected chi connectivity index (χ2v) is 7.92. The lowest BCUT2D eigenvalue weighted by atomic mass is 10.00. The SMILES string of the molecule is C=C1N(C)CC[C@@]1(O)C#Cc1cccc(-c2cc(N3CCCC3=O)cc(C(N)=O)n2)c1. The molecule has 1 atom stereocenters. The molecule has 7 nitrogen and oxygen atoms in total. The fourth-order valence-corrected chi connectivity index (χ4v) is 3.86. The number of carbonyl (C=O) groups is 2. The minimum atomic E-state index is -1.24. The number of benzene rings is 1. The van der Waals surface area contributed by atoms with Crippen LogP contribution in [-0.4, -0.2) is 52.5 Å². The summed E-state index contributed by atoms with van der Waals surface area (Å²) in [6, 6.07) is 10.7. The van der Waals surface area contributed by atoms with Crippen molar-refractivity contribution in [1.82, 2.24) is 9.88 Å². The first-order valence-electron chi connectivity index (χ1n) is 10.2. The van der Waals surface area contributed by atoms with Crippen molar-refractivity contribution < 1.29 is 14.7 Å². The summed E-state index contributed by atoms with van der Waals surface area (Å²) in [5, 5.41) is 10.7. The van der Waals surface area contributed by atoms with Crippen molar-refractivity contribution in [2.24, 2.45) is 5.73 Å². The number of nitrogens with two attached hydrogens (primary N) is 1. The first-order valence-corrected chi connectivity index (χ1v) is 10.2. The first kappa shape index (κ1) is 20.6. The number of likely N-dealkylation sites (N-methyl/N-ethyl adjacent to an activating group) is 1. The van der Waals surface area contributed by atoms with Crippen molar-refractivity contribution in [2.75, 3.05) is 25.0 Å². The standard InChI is InChI=1S/C24H24N4O3/c1-16-24(31,10-12-27(16)2)9-8-17-5-3-6-18(13-17)20-14-19(15-21(26-20)23(25)30)28-11-4-7-22(28)29/h3,5-6,13-15,31H,1,4,7,10-12H2,2H3,(H2,25,30)/t24-/m0/s1. The van der Waals surface area contributed by atoms with Gasteiger partial charge in [-0.15, -0.1) is 0 Å². The molecule has 0 bridgehead atoms. The number of rotatable bonds is 3. The van der Waals surface area contributed by atoms with Crippen molar-refractivity contribution in [3.8, 4) is 23.1 Å². The fourth-order valence-electron chi connectivity index (χ4n) is 3.86. The highest BCUT2D eigenvalue weighted by Gasteiger charge is 2.36. The maximum atomic E-state index is 12.2. The van der Waals surface area contributed by atoms with Crippen LogP contribution in [0.25, 0.3) is 11.3 Å². The lowest BCUT2D eigenvalue weighted by Gasteiger charge is -2.19. The molecule has 1 aromatic heterocycles. The van der Waals surface area contributed by atoms with E-state index in [0.717, 1.165) is 12.0 Å². The highest BCUT2D eigenvalue weighted by atomic mass is 16.3. The van der Waals surface area contributed by atoms with Gasteiger partial charge in [-0.25, -0.2) is 4.98 Å². The molecule has 2 amide bonds. The van der Waals surface area contributed by atoms with E-state index in [0.29, 0.717) is 48.6 Å². The molecule has 2 saturated heterocycles. The van der Waals surface area contributed by atoms with E-state index in [4.69, 9.17) is 5.73 Å². The van der Waals surface area contributed by atoms with Gasteiger partial charge in [-0.2, -0.15) is 0 Å². The minimum Gasteiger partial charge on any atom is -0.375 e. The van der Waals surface area contributed by atoms with Gasteiger partial charge >= 0.3 is 0 Å². The molecule has 0 spiro atoms. The molecule has 2 aromatic rings. The summed E-state index contributed by atoms with van der Waals surface area (Å²) >= 11 is 0. The van der Waals surface area contributed by atoms with Gasteiger partial charge in [-0.05, 0) is 30.7 Å². The molecule has 2 fully saturated rings. The third-order valence-electron chi connectivity index (χ3n) is 5.77. The average molecular weight is 416 g/mol. The number of hydrogen-bond donors (Lipinski definition) is 2. The van der Waals surface area contributed by atoms with E-state index in [1.54, 1.807) is 17.0 Å². The van der Waals surface area contributed by atoms with Crippen molar-refractivity contribution in [3.05, 3.63) is 59.9 Å². The zero-order valence-electron chi connectivity index (χ0n) is 17.4. The van der Waals surface area contributed by atoms with Gasteiger partial charge in [0.05, 0.1) is 11.4 Å². The molecular weight excluding hydrogens is 392 g/mol. The van der Waals surface area contributed by atoms with Gasteiger partial charge < -0.3 is 20.6 Å². The average Bonchev–Trinajstić information content (AvgIpc) is 3.31. The number of nitrogens with zero attached hydrogens (tertiary/aromatic N) is 3. The maximum absolute atomic E-state index is 12.2. The van der Waals surface area contributed by atoms with Crippen LogP contribution in [0.5, 0.6) is 0 Å². The molecule has 4 rings (SSSR count). The predicted molar refractivity (Wildman–Crippen MR) is 118 cm³/mol. The van der Waals surface area contributed by atoms with E-state index in [1.807, 2.05) is 36.2 Å². The number of anilines is 1. The molecule has 0 unspecified atom stereocenters. The highest BCUT2D eigenvalue weighted by Crippen LogP contribution is 2.30. The molecule has 0 radical (unpaired) electrons. The first-order chi connectivity index (χ1) is 14.8. The second-order valence-electron chi connectivity index (χ2n) is 7.92. The van der Waals surface area contributed by atoms with Crippen molar-refractivity contribution in [3.63, 3.8) is 0 Å². The molecule has 0 aliphatic carbocycles. The molecular formula is C24H24N4O3. The summed E-state index contributed by atoms with van der Waals surface area (Å²) in [4.78, 5) is 32.0. The van der Waals surface area contributed by atoms with Crippen LogP contribution >= 0.6 is 0 Å². The molecule has 7 heteroatoms. The summed E-state index contributed by atoms with van der Waals surface area (Å²) in [5.41, 5.74) is 7.50. The molecule has 158 valence electrons. The Kier molecular flexibility index (Phi) is 5.25. The van der Waals surface area contributed by atoms with E-state index in [1.165, 1.54) is 0 Å². The Bertz CT molecular complexity index is 1150. The van der Waals surface area contributed by atoms with Gasteiger partial charge in [0.25, 0.3) is 5.91 Å². The van der Waals surface area contributed by atoms with E-state index in [9.17, 15) is 14.7 Å². The van der Waals surface area contributed by atoms with Crippen LogP contribution in [0, 0.1) is 11.8 Å². The second kappa shape index (κ2) is 7.89. The number of amides is 2. The van der Waals surface area contributed by atoms with Gasteiger partial charge in [-0.3, -0.25) is 9.59 Å². The Morgan fingerprint density at radius 2 is 2.10 bits per heavy atom. The number of carbonyl (C=O) groups excluding carboxylic acids is 2. The lowest BCUT2D eigenvalue weighted by molar-refractivity contribution is -0.117. The van der Waals surface area contributed by atoms with Crippen molar-refractivity contribution >= 4 is 17.5 Å². The van der Waals surface area contributed by atoms with E-state index in [-0.39, 0.29) is 11.6 Å². The van der Waals surface area contributed by atoms with Crippen LogP contribution in [0.1, 0.15) is 35.3 Å². The van der Waals surface area contributed by atoms with E-state index < -0.39 is 11.5 Å². The molecule has 3 N–H and O–H groups in total. The zero-order valence-corrected chi connectivity index (χ0v) is 17.4. The molecule has 1 aromatic carbocycles. The smallest absolute Gasteiger partial charge is 0.267 e. The molecule has 2 aliphatic heterocycles. The van der Waals surface area contributed by atoms with Gasteiger partial charge in [0.1, 0.15) is 5.69 Å². The lowest BCUT2D eigenvalue weighted by Crippen LogP contribution is -2.26. The molecule has 3 heterocycles. The summed E-state index contributed by atoms with van der Waals surface area (Å²) < 4.78 is 0. The van der Waals surface area contributed by atoms with Crippen LogP contribution in [0.4, 0.5) is 5.69 Å². The van der Waals surface area contributed by atoms with E-state index in [2.05, 4.69) is 23.4 Å². The van der Waals surface area contributed by atoms with Crippen LogP contribution in [0.3, 0.4) is 0 Å². The van der Waals surface area contributed by atoms with Crippen LogP contribution < -0.4 is 10.6 Å². The fraction of sp³-hybridized carbons (Fsp3) is 0.292. The highest BCUT2D eigenvalue weighted by molar-refractivity contribution is 5.98. The number of likely N-dealkylation sites (tertiary alicyclic amines) is 1. The summed E-state index contributed by atoms with van der Waals surface area (Å²) in [6.07, 6.45) is 1.76. The Morgan fingerprint density at radius 1 is 1.29 bits per heavy atom. The Hall–Kier alpha value is -3.63. The van der Waals surface area contributed by atoms with Gasteiger partial charge in [0, 0.05) is 49.8 Å². The van der Waals surface area contributed by atoms with Crippen LogP contribution in [0.2, 0.25) is 0 Å². The predicted octanol–water partition coefficient (Wildman–Crippen LogP) is 1.91. The largest absolute Gasteiger partial charge is 0.375 e. The number of aromatic nitrogens is 1. The quantitative estimate of drug-likeness (QED) is 0.745. The zero-order chi connectivity index (χ0) is 22.2. The van der Waals surface area contributed by atoms with Crippen molar-refractivity contribution in [1.29, 1.82) is 0 Å². The summed E-state index contributed by atoms with van der Waals surface area (Å²) in [6.45, 7) is 5.23. The minimum absolute atomic E-state index is 0.0159. The number of primary amides is 1. The molecule has 0 saturated carbocycles. The number of aliphatic hydroxyl groups is 1. The van der Waals surface area contributed by atoms with Gasteiger partial charge in [-0.1, -0.05) is 30.6 Å². The summed E-state index contributed by atoms with van der Waals surface area (Å²) in [5.74, 6) is 5.33. The van der Waals surface area contributed by atoms with E-state index >= 15 is 0 Å². The monoisotopic (exact) mass is 416 g/mol. The van der Waals surface area contributed by atoms with Crippen LogP contribution in [-0.2, 0) is 4.79 Å². The Morgan fingerprint density at radius 3 is 2.74 bits per heavy atom. The summed E-state index contributed by atoms with van der Waals surface area (Å²) in [7, 11) is 1.88. The number of pyridine rings is 1. The number of hydrogen-bond acceptors (Lipinski definition) is 5. The third-order valence-corrected chi connectivity index (χ3v) is 5.77. The van der Waals surface area contributed by atoms with Gasteiger partial charge in [0.15, 0.2) is 5.60 Å². The van der Waals surface area contributed by atoms with Crippen molar-refractivity contribution in [2.45, 2.75) is 24.9 Å². The Labute approximate surface area is 181 Å². The van der Waals surface area contributed by atoms with Crippen LogP contribution in [0.15, 0.2) is 48.7 Å². The molecule has 31 heavy (non-hydrogen) atoms. The molecule has 2 aliphatic rings. The Balaban J connectivity index is 1.70. The van der Waals surface area contributed by atoms with Gasteiger partial charge in [0.2, 0.25) is 5.91 Å². The topological polar surface area (TPSA) is 99.8 Å². The third kappa shape index (κ3) is 4.03. The normalized spacial score (nSPS) is 20.7. The maximum Gasteiger partial charge on any atom is 0.267 e.